The molecule has 0 aliphatic rings. The molecule has 0 fully saturated rings. The summed E-state index contributed by atoms with van der Waals surface area (Å²) in [6, 6.07) is 6.89. The molecule has 2 N–H and O–H groups in total. The van der Waals surface area contributed by atoms with E-state index in [0.717, 1.165) is 6.07 Å². The van der Waals surface area contributed by atoms with Crippen LogP contribution in [0, 0.1) is 18.6 Å². The molecule has 2 aromatic carbocycles. The second-order valence-corrected chi connectivity index (χ2v) is 5.03. The number of halogens is 3. The Kier molecular flexibility index (Phi) is 3.66. The van der Waals surface area contributed by atoms with Crippen LogP contribution in [0.25, 0.3) is 0 Å². The van der Waals surface area contributed by atoms with Crippen LogP contribution in [-0.4, -0.2) is 5.78 Å². The molecule has 0 saturated carbocycles. The zero-order valence-corrected chi connectivity index (χ0v) is 11.6. The second kappa shape index (κ2) is 5.09. The average molecular weight is 326 g/mol. The lowest BCUT2D eigenvalue weighted by Crippen LogP contribution is -2.11. The molecule has 0 bridgehead atoms. The Morgan fingerprint density at radius 1 is 1.21 bits per heavy atom. The molecular weight excluding hydrogens is 316 g/mol. The van der Waals surface area contributed by atoms with Crippen LogP contribution in [0.1, 0.15) is 21.5 Å². The van der Waals surface area contributed by atoms with Crippen LogP contribution < -0.4 is 5.73 Å². The number of benzene rings is 2. The summed E-state index contributed by atoms with van der Waals surface area (Å²) in [4.78, 5) is 12.2. The van der Waals surface area contributed by atoms with E-state index in [9.17, 15) is 13.6 Å². The van der Waals surface area contributed by atoms with Crippen molar-refractivity contribution in [3.8, 4) is 0 Å². The first-order chi connectivity index (χ1) is 8.91. The zero-order chi connectivity index (χ0) is 14.2. The molecule has 0 unspecified atom stereocenters. The number of carbonyl (C=O) groups excluding carboxylic acids is 1. The van der Waals surface area contributed by atoms with Gasteiger partial charge in [-0.05, 0) is 36.8 Å². The second-order valence-electron chi connectivity index (χ2n) is 4.11. The van der Waals surface area contributed by atoms with E-state index in [1.807, 2.05) is 0 Å². The van der Waals surface area contributed by atoms with Crippen LogP contribution in [0.2, 0.25) is 0 Å². The van der Waals surface area contributed by atoms with Crippen molar-refractivity contribution in [2.45, 2.75) is 6.92 Å². The first-order valence-electron chi connectivity index (χ1n) is 5.46. The number of nitrogen functional groups attached to an aromatic ring is 1. The van der Waals surface area contributed by atoms with Crippen molar-refractivity contribution in [2.75, 3.05) is 5.73 Å². The van der Waals surface area contributed by atoms with Crippen LogP contribution in [0.4, 0.5) is 14.5 Å². The van der Waals surface area contributed by atoms with Crippen molar-refractivity contribution < 1.29 is 13.6 Å². The molecule has 2 aromatic rings. The molecule has 0 atom stereocenters. The van der Waals surface area contributed by atoms with Crippen LogP contribution in [-0.2, 0) is 0 Å². The van der Waals surface area contributed by atoms with E-state index in [0.29, 0.717) is 4.47 Å². The highest BCUT2D eigenvalue weighted by Crippen LogP contribution is 2.25. The van der Waals surface area contributed by atoms with Crippen molar-refractivity contribution in [2.24, 2.45) is 0 Å². The highest BCUT2D eigenvalue weighted by atomic mass is 79.9. The number of hydrogen-bond acceptors (Lipinski definition) is 2. The molecule has 2 nitrogen and oxygen atoms in total. The van der Waals surface area contributed by atoms with Gasteiger partial charge in [0.25, 0.3) is 0 Å². The molecule has 2 rings (SSSR count). The summed E-state index contributed by atoms with van der Waals surface area (Å²) in [6.45, 7) is 1.47. The molecular formula is C14H10BrF2NO. The molecule has 0 saturated heterocycles. The SMILES string of the molecule is Cc1ccc(F)c(C(=O)c2ccc(Br)cc2N)c1F. The number of hydrogen-bond donors (Lipinski definition) is 1. The van der Waals surface area contributed by atoms with Gasteiger partial charge in [0, 0.05) is 15.7 Å². The van der Waals surface area contributed by atoms with Gasteiger partial charge in [-0.3, -0.25) is 4.79 Å². The molecule has 0 aliphatic heterocycles. The van der Waals surface area contributed by atoms with Gasteiger partial charge in [-0.15, -0.1) is 0 Å². The fourth-order valence-corrected chi connectivity index (χ4v) is 2.12. The molecule has 0 aliphatic carbocycles. The quantitative estimate of drug-likeness (QED) is 0.673. The Morgan fingerprint density at radius 2 is 1.89 bits per heavy atom. The van der Waals surface area contributed by atoms with Crippen LogP contribution in [0.5, 0.6) is 0 Å². The maximum Gasteiger partial charge on any atom is 0.201 e. The van der Waals surface area contributed by atoms with Crippen LogP contribution in [0.3, 0.4) is 0 Å². The zero-order valence-electron chi connectivity index (χ0n) is 10.0. The van der Waals surface area contributed by atoms with E-state index in [1.54, 1.807) is 6.07 Å². The van der Waals surface area contributed by atoms with Gasteiger partial charge in [-0.25, -0.2) is 8.78 Å². The van der Waals surface area contributed by atoms with E-state index >= 15 is 0 Å². The number of anilines is 1. The van der Waals surface area contributed by atoms with E-state index in [1.165, 1.54) is 25.1 Å². The van der Waals surface area contributed by atoms with Crippen LogP contribution in [0.15, 0.2) is 34.8 Å². The summed E-state index contributed by atoms with van der Waals surface area (Å²) in [5.41, 5.74) is 5.58. The van der Waals surface area contributed by atoms with Crippen molar-refractivity contribution in [3.63, 3.8) is 0 Å². The first kappa shape index (κ1) is 13.7. The smallest absolute Gasteiger partial charge is 0.201 e. The van der Waals surface area contributed by atoms with Gasteiger partial charge in [0.2, 0.25) is 5.78 Å². The molecule has 0 heterocycles. The fourth-order valence-electron chi connectivity index (χ4n) is 1.74. The lowest BCUT2D eigenvalue weighted by molar-refractivity contribution is 0.103. The van der Waals surface area contributed by atoms with Gasteiger partial charge in [0.15, 0.2) is 0 Å². The molecule has 0 aromatic heterocycles. The summed E-state index contributed by atoms with van der Waals surface area (Å²) in [7, 11) is 0. The summed E-state index contributed by atoms with van der Waals surface area (Å²) in [5, 5.41) is 0. The third-order valence-corrected chi connectivity index (χ3v) is 3.26. The molecule has 0 spiro atoms. The molecule has 98 valence electrons. The predicted octanol–water partition coefficient (Wildman–Crippen LogP) is 3.85. The number of nitrogens with two attached hydrogens (primary N) is 1. The highest BCUT2D eigenvalue weighted by molar-refractivity contribution is 9.10. The van der Waals surface area contributed by atoms with Gasteiger partial charge in [-0.1, -0.05) is 22.0 Å². The number of ketones is 1. The van der Waals surface area contributed by atoms with E-state index in [-0.39, 0.29) is 16.8 Å². The average Bonchev–Trinajstić information content (AvgIpc) is 2.34. The van der Waals surface area contributed by atoms with Gasteiger partial charge < -0.3 is 5.73 Å². The van der Waals surface area contributed by atoms with Gasteiger partial charge in [-0.2, -0.15) is 0 Å². The molecule has 0 amide bonds. The normalized spacial score (nSPS) is 10.5. The summed E-state index contributed by atoms with van der Waals surface area (Å²) < 4.78 is 28.3. The van der Waals surface area contributed by atoms with E-state index in [4.69, 9.17) is 5.73 Å². The maximum atomic E-state index is 13.9. The lowest BCUT2D eigenvalue weighted by atomic mass is 9.99. The summed E-state index contributed by atoms with van der Waals surface area (Å²) in [6.07, 6.45) is 0. The lowest BCUT2D eigenvalue weighted by Gasteiger charge is -2.08. The topological polar surface area (TPSA) is 43.1 Å². The Hall–Kier alpha value is -1.75. The third-order valence-electron chi connectivity index (χ3n) is 2.77. The highest BCUT2D eigenvalue weighted by Gasteiger charge is 2.22. The van der Waals surface area contributed by atoms with E-state index < -0.39 is 23.0 Å². The Morgan fingerprint density at radius 3 is 2.53 bits per heavy atom. The predicted molar refractivity (Wildman–Crippen MR) is 73.1 cm³/mol. The minimum atomic E-state index is -0.893. The fraction of sp³-hybridized carbons (Fsp3) is 0.0714. The van der Waals surface area contributed by atoms with Gasteiger partial charge in [0.1, 0.15) is 11.6 Å². The number of carbonyl (C=O) groups is 1. The summed E-state index contributed by atoms with van der Waals surface area (Å²) in [5.74, 6) is -2.51. The van der Waals surface area contributed by atoms with Crippen molar-refractivity contribution in [3.05, 3.63) is 63.1 Å². The Balaban J connectivity index is 2.59. The molecule has 19 heavy (non-hydrogen) atoms. The Bertz CT molecular complexity index is 671. The number of aryl methyl sites for hydroxylation is 1. The minimum absolute atomic E-state index is 0.0756. The summed E-state index contributed by atoms with van der Waals surface area (Å²) >= 11 is 3.20. The van der Waals surface area contributed by atoms with Gasteiger partial charge >= 0.3 is 0 Å². The number of rotatable bonds is 2. The Labute approximate surface area is 117 Å². The van der Waals surface area contributed by atoms with Crippen LogP contribution >= 0.6 is 15.9 Å². The maximum absolute atomic E-state index is 13.9. The van der Waals surface area contributed by atoms with Crippen molar-refractivity contribution in [1.82, 2.24) is 0 Å². The first-order valence-corrected chi connectivity index (χ1v) is 6.25. The van der Waals surface area contributed by atoms with Crippen molar-refractivity contribution >= 4 is 27.4 Å². The van der Waals surface area contributed by atoms with E-state index in [2.05, 4.69) is 15.9 Å². The monoisotopic (exact) mass is 325 g/mol. The third kappa shape index (κ3) is 2.51. The van der Waals surface area contributed by atoms with Gasteiger partial charge in [0.05, 0.1) is 5.56 Å². The standard InChI is InChI=1S/C14H10BrF2NO/c1-7-2-5-10(16)12(13(7)17)14(19)9-4-3-8(15)6-11(9)18/h2-6H,18H2,1H3. The largest absolute Gasteiger partial charge is 0.398 e. The molecule has 5 heteroatoms. The molecule has 0 radical (unpaired) electrons. The minimum Gasteiger partial charge on any atom is -0.398 e. The van der Waals surface area contributed by atoms with Crippen molar-refractivity contribution in [1.29, 1.82) is 0 Å².